The molecule has 0 unspecified atom stereocenters. The molecule has 2 aromatic carbocycles. The number of ether oxygens (including phenoxy) is 1. The fourth-order valence-corrected chi connectivity index (χ4v) is 3.14. The van der Waals surface area contributed by atoms with Crippen molar-refractivity contribution in [3.63, 3.8) is 0 Å². The average Bonchev–Trinajstić information content (AvgIpc) is 2.81. The molecule has 0 bridgehead atoms. The number of esters is 1. The molecule has 2 N–H and O–H groups in total. The fourth-order valence-electron chi connectivity index (χ4n) is 3.14. The molecule has 196 valence electrons. The fraction of sp³-hybridized carbons (Fsp3) is 0.375. The van der Waals surface area contributed by atoms with Gasteiger partial charge >= 0.3 is 18.3 Å². The standard InChI is InChI=1S/C24H24F6N2O4/c1-4-13(3)19(21(34)31-18-8-6-14(7-9-18)22(35)36-5-2)32-20(33)15-10-16(23(25,26)27)12-17(11-15)24(28,29)30/h6-13,19H,4-5H2,1-3H3,(H,31,34)(H,32,33)/t13-,19-/m0/s1. The number of carbonyl (C=O) groups is 3. The van der Waals surface area contributed by atoms with Crippen LogP contribution < -0.4 is 10.6 Å². The topological polar surface area (TPSA) is 84.5 Å². The van der Waals surface area contributed by atoms with Gasteiger partial charge in [-0.2, -0.15) is 26.3 Å². The molecule has 0 radical (unpaired) electrons. The van der Waals surface area contributed by atoms with E-state index in [0.29, 0.717) is 18.6 Å². The maximum absolute atomic E-state index is 13.1. The summed E-state index contributed by atoms with van der Waals surface area (Å²) in [4.78, 5) is 37.3. The third-order valence-electron chi connectivity index (χ3n) is 5.30. The van der Waals surface area contributed by atoms with Crippen LogP contribution >= 0.6 is 0 Å². The Kier molecular flexibility index (Phi) is 9.11. The maximum Gasteiger partial charge on any atom is 0.416 e. The first-order valence-electron chi connectivity index (χ1n) is 10.9. The van der Waals surface area contributed by atoms with Gasteiger partial charge in [-0.1, -0.05) is 20.3 Å². The summed E-state index contributed by atoms with van der Waals surface area (Å²) in [7, 11) is 0. The minimum atomic E-state index is -5.13. The van der Waals surface area contributed by atoms with Gasteiger partial charge in [-0.3, -0.25) is 9.59 Å². The third kappa shape index (κ3) is 7.46. The van der Waals surface area contributed by atoms with Crippen LogP contribution in [-0.4, -0.2) is 30.4 Å². The predicted molar refractivity (Wildman–Crippen MR) is 118 cm³/mol. The molecule has 0 aromatic heterocycles. The molecule has 0 aliphatic heterocycles. The monoisotopic (exact) mass is 518 g/mol. The number of benzene rings is 2. The second-order valence-electron chi connectivity index (χ2n) is 7.92. The van der Waals surface area contributed by atoms with E-state index in [1.165, 1.54) is 24.3 Å². The van der Waals surface area contributed by atoms with Crippen molar-refractivity contribution in [3.8, 4) is 0 Å². The lowest BCUT2D eigenvalue weighted by molar-refractivity contribution is -0.143. The van der Waals surface area contributed by atoms with Crippen LogP contribution in [0.2, 0.25) is 0 Å². The smallest absolute Gasteiger partial charge is 0.416 e. The van der Waals surface area contributed by atoms with Gasteiger partial charge in [0, 0.05) is 11.3 Å². The van der Waals surface area contributed by atoms with E-state index in [2.05, 4.69) is 10.6 Å². The van der Waals surface area contributed by atoms with E-state index in [0.717, 1.165) is 0 Å². The largest absolute Gasteiger partial charge is 0.462 e. The second kappa shape index (κ2) is 11.4. The van der Waals surface area contributed by atoms with Crippen molar-refractivity contribution >= 4 is 23.5 Å². The van der Waals surface area contributed by atoms with Gasteiger partial charge in [0.1, 0.15) is 6.04 Å². The second-order valence-corrected chi connectivity index (χ2v) is 7.92. The Hall–Kier alpha value is -3.57. The normalized spacial score (nSPS) is 13.5. The van der Waals surface area contributed by atoms with Crippen molar-refractivity contribution in [1.82, 2.24) is 5.32 Å². The zero-order valence-electron chi connectivity index (χ0n) is 19.5. The van der Waals surface area contributed by atoms with E-state index in [-0.39, 0.29) is 23.9 Å². The van der Waals surface area contributed by atoms with Crippen LogP contribution in [0.25, 0.3) is 0 Å². The van der Waals surface area contributed by atoms with Crippen molar-refractivity contribution in [2.75, 3.05) is 11.9 Å². The molecule has 36 heavy (non-hydrogen) atoms. The number of amides is 2. The third-order valence-corrected chi connectivity index (χ3v) is 5.30. The van der Waals surface area contributed by atoms with Gasteiger partial charge in [-0.25, -0.2) is 4.79 Å². The molecular weight excluding hydrogens is 494 g/mol. The Morgan fingerprint density at radius 3 is 1.83 bits per heavy atom. The van der Waals surface area contributed by atoms with Crippen molar-refractivity contribution in [3.05, 3.63) is 64.7 Å². The van der Waals surface area contributed by atoms with E-state index in [1.807, 2.05) is 0 Å². The minimum Gasteiger partial charge on any atom is -0.462 e. The summed E-state index contributed by atoms with van der Waals surface area (Å²) in [5, 5.41) is 4.77. The highest BCUT2D eigenvalue weighted by Gasteiger charge is 2.38. The highest BCUT2D eigenvalue weighted by molar-refractivity contribution is 6.01. The van der Waals surface area contributed by atoms with E-state index < -0.39 is 58.8 Å². The lowest BCUT2D eigenvalue weighted by Gasteiger charge is -2.24. The Labute approximate surface area is 203 Å². The molecule has 12 heteroatoms. The van der Waals surface area contributed by atoms with Gasteiger partial charge in [-0.05, 0) is 55.3 Å². The number of hydrogen-bond donors (Lipinski definition) is 2. The van der Waals surface area contributed by atoms with Crippen LogP contribution in [0, 0.1) is 5.92 Å². The molecule has 0 aliphatic carbocycles. The molecule has 2 amide bonds. The number of halogens is 6. The molecule has 0 heterocycles. The van der Waals surface area contributed by atoms with Crippen molar-refractivity contribution in [2.24, 2.45) is 5.92 Å². The van der Waals surface area contributed by atoms with Gasteiger partial charge in [0.25, 0.3) is 5.91 Å². The first-order chi connectivity index (χ1) is 16.7. The summed E-state index contributed by atoms with van der Waals surface area (Å²) in [5.41, 5.74) is -3.71. The Balaban J connectivity index is 2.29. The molecule has 0 aliphatic rings. The number of hydrogen-bond acceptors (Lipinski definition) is 4. The number of rotatable bonds is 8. The molecule has 0 fully saturated rings. The van der Waals surface area contributed by atoms with Crippen LogP contribution in [0.5, 0.6) is 0 Å². The summed E-state index contributed by atoms with van der Waals surface area (Å²) in [6.45, 7) is 5.09. The maximum atomic E-state index is 13.1. The van der Waals surface area contributed by atoms with E-state index >= 15 is 0 Å². The summed E-state index contributed by atoms with van der Waals surface area (Å²) >= 11 is 0. The minimum absolute atomic E-state index is 0.0877. The zero-order valence-corrected chi connectivity index (χ0v) is 19.5. The zero-order chi connectivity index (χ0) is 27.3. The van der Waals surface area contributed by atoms with Gasteiger partial charge in [0.05, 0.1) is 23.3 Å². The number of carbonyl (C=O) groups excluding carboxylic acids is 3. The van der Waals surface area contributed by atoms with E-state index in [1.54, 1.807) is 20.8 Å². The molecule has 6 nitrogen and oxygen atoms in total. The molecule has 0 spiro atoms. The van der Waals surface area contributed by atoms with Gasteiger partial charge in [-0.15, -0.1) is 0 Å². The molecular formula is C24H24F6N2O4. The van der Waals surface area contributed by atoms with Crippen molar-refractivity contribution < 1.29 is 45.5 Å². The lowest BCUT2D eigenvalue weighted by atomic mass is 9.97. The summed E-state index contributed by atoms with van der Waals surface area (Å²) in [6.07, 6.45) is -9.89. The van der Waals surface area contributed by atoms with Crippen LogP contribution in [0.3, 0.4) is 0 Å². The SMILES string of the molecule is CCOC(=O)c1ccc(NC(=O)[C@@H](NC(=O)c2cc(C(F)(F)F)cc(C(F)(F)F)c2)[C@@H](C)CC)cc1. The van der Waals surface area contributed by atoms with E-state index in [4.69, 9.17) is 4.74 Å². The highest BCUT2D eigenvalue weighted by atomic mass is 19.4. The Bertz CT molecular complexity index is 1070. The van der Waals surface area contributed by atoms with Gasteiger partial charge in [0.2, 0.25) is 5.91 Å². The molecule has 0 saturated heterocycles. The first-order valence-corrected chi connectivity index (χ1v) is 10.9. The number of anilines is 1. The molecule has 2 aromatic rings. The van der Waals surface area contributed by atoms with Crippen LogP contribution in [0.4, 0.5) is 32.0 Å². The summed E-state index contributed by atoms with van der Waals surface area (Å²) in [6, 6.07) is 4.82. The highest BCUT2D eigenvalue weighted by Crippen LogP contribution is 2.36. The Morgan fingerprint density at radius 1 is 0.861 bits per heavy atom. The molecule has 2 atom stereocenters. The molecule has 2 rings (SSSR count). The average molecular weight is 518 g/mol. The number of nitrogens with one attached hydrogen (secondary N) is 2. The van der Waals surface area contributed by atoms with Crippen molar-refractivity contribution in [2.45, 2.75) is 45.6 Å². The summed E-state index contributed by atoms with van der Waals surface area (Å²) < 4.78 is 83.7. The quantitative estimate of drug-likeness (QED) is 0.348. The van der Waals surface area contributed by atoms with Gasteiger partial charge < -0.3 is 15.4 Å². The van der Waals surface area contributed by atoms with Crippen molar-refractivity contribution in [1.29, 1.82) is 0 Å². The van der Waals surface area contributed by atoms with Gasteiger partial charge in [0.15, 0.2) is 0 Å². The predicted octanol–water partition coefficient (Wildman–Crippen LogP) is 5.68. The van der Waals surface area contributed by atoms with Crippen LogP contribution in [-0.2, 0) is 21.9 Å². The van der Waals surface area contributed by atoms with Crippen LogP contribution in [0.1, 0.15) is 59.0 Å². The molecule has 0 saturated carbocycles. The summed E-state index contributed by atoms with van der Waals surface area (Å²) in [5.74, 6) is -3.12. The Morgan fingerprint density at radius 2 is 1.39 bits per heavy atom. The van der Waals surface area contributed by atoms with E-state index in [9.17, 15) is 40.7 Å². The lowest BCUT2D eigenvalue weighted by Crippen LogP contribution is -2.47. The number of alkyl halides is 6. The van der Waals surface area contributed by atoms with Crippen LogP contribution in [0.15, 0.2) is 42.5 Å². The first kappa shape index (κ1) is 28.7.